The summed E-state index contributed by atoms with van der Waals surface area (Å²) in [6.45, 7) is 9.27. The summed E-state index contributed by atoms with van der Waals surface area (Å²) in [4.78, 5) is 14.2. The molecule has 0 bridgehead atoms. The van der Waals surface area contributed by atoms with Crippen molar-refractivity contribution in [1.29, 1.82) is 0 Å². The Labute approximate surface area is 117 Å². The molecule has 1 fully saturated rings. The molecule has 1 atom stereocenters. The van der Waals surface area contributed by atoms with E-state index in [0.717, 1.165) is 6.54 Å². The van der Waals surface area contributed by atoms with Gasteiger partial charge in [-0.2, -0.15) is 0 Å². The van der Waals surface area contributed by atoms with Crippen molar-refractivity contribution in [1.82, 2.24) is 15.5 Å². The van der Waals surface area contributed by atoms with Crippen LogP contribution in [0.3, 0.4) is 0 Å². The predicted molar refractivity (Wildman–Crippen MR) is 77.2 cm³/mol. The van der Waals surface area contributed by atoms with Crippen molar-refractivity contribution in [3.05, 3.63) is 0 Å². The minimum Gasteiger partial charge on any atom is -0.383 e. The average Bonchev–Trinajstić information content (AvgIpc) is 2.88. The third kappa shape index (κ3) is 6.36. The van der Waals surface area contributed by atoms with E-state index in [2.05, 4.69) is 29.4 Å². The van der Waals surface area contributed by atoms with Gasteiger partial charge in [0.2, 0.25) is 5.91 Å². The molecule has 1 aliphatic heterocycles. The maximum Gasteiger partial charge on any atom is 0.234 e. The number of carbonyl (C=O) groups excluding carboxylic acids is 1. The average molecular weight is 271 g/mol. The molecule has 0 spiro atoms. The third-order valence-electron chi connectivity index (χ3n) is 3.66. The van der Waals surface area contributed by atoms with Crippen LogP contribution in [0.25, 0.3) is 0 Å². The summed E-state index contributed by atoms with van der Waals surface area (Å²) in [7, 11) is 1.66. The topological polar surface area (TPSA) is 53.6 Å². The van der Waals surface area contributed by atoms with Gasteiger partial charge in [-0.15, -0.1) is 0 Å². The van der Waals surface area contributed by atoms with E-state index in [1.807, 2.05) is 0 Å². The molecule has 5 heteroatoms. The summed E-state index contributed by atoms with van der Waals surface area (Å²) in [6.07, 6.45) is 2.57. The molecule has 19 heavy (non-hydrogen) atoms. The fourth-order valence-corrected chi connectivity index (χ4v) is 2.52. The van der Waals surface area contributed by atoms with Gasteiger partial charge in [-0.1, -0.05) is 13.8 Å². The molecule has 2 N–H and O–H groups in total. The lowest BCUT2D eigenvalue weighted by molar-refractivity contribution is -0.120. The van der Waals surface area contributed by atoms with Crippen molar-refractivity contribution in [3.63, 3.8) is 0 Å². The maximum absolute atomic E-state index is 11.7. The van der Waals surface area contributed by atoms with Crippen LogP contribution >= 0.6 is 0 Å². The Balaban J connectivity index is 2.21. The lowest BCUT2D eigenvalue weighted by Crippen LogP contribution is -2.47. The number of carbonyl (C=O) groups is 1. The van der Waals surface area contributed by atoms with E-state index >= 15 is 0 Å². The fraction of sp³-hybridized carbons (Fsp3) is 0.929. The SMILES string of the molecule is COCCNCC(=O)NCC(C(C)C)N1CCCC1. The fourth-order valence-electron chi connectivity index (χ4n) is 2.52. The quantitative estimate of drug-likeness (QED) is 0.598. The molecule has 0 aromatic rings. The number of amides is 1. The minimum absolute atomic E-state index is 0.0703. The first-order valence-electron chi connectivity index (χ1n) is 7.35. The Morgan fingerprint density at radius 1 is 1.32 bits per heavy atom. The molecule has 0 radical (unpaired) electrons. The van der Waals surface area contributed by atoms with Gasteiger partial charge in [0.25, 0.3) is 0 Å². The Bertz CT molecular complexity index is 253. The van der Waals surface area contributed by atoms with Crippen LogP contribution < -0.4 is 10.6 Å². The van der Waals surface area contributed by atoms with E-state index in [0.29, 0.717) is 31.7 Å². The van der Waals surface area contributed by atoms with Gasteiger partial charge in [0.1, 0.15) is 0 Å². The number of nitrogens with zero attached hydrogens (tertiary/aromatic N) is 1. The molecule has 0 aliphatic carbocycles. The highest BCUT2D eigenvalue weighted by Crippen LogP contribution is 2.16. The lowest BCUT2D eigenvalue weighted by Gasteiger charge is -2.31. The van der Waals surface area contributed by atoms with Crippen molar-refractivity contribution in [3.8, 4) is 0 Å². The molecule has 0 aromatic carbocycles. The Hall–Kier alpha value is -0.650. The van der Waals surface area contributed by atoms with Crippen LogP contribution in [-0.2, 0) is 9.53 Å². The van der Waals surface area contributed by atoms with Crippen molar-refractivity contribution in [2.24, 2.45) is 5.92 Å². The number of hydrogen-bond acceptors (Lipinski definition) is 4. The predicted octanol–water partition coefficient (Wildman–Crippen LogP) is 0.459. The number of likely N-dealkylation sites (tertiary alicyclic amines) is 1. The maximum atomic E-state index is 11.7. The Morgan fingerprint density at radius 2 is 2.00 bits per heavy atom. The minimum atomic E-state index is 0.0703. The van der Waals surface area contributed by atoms with Gasteiger partial charge in [-0.05, 0) is 31.8 Å². The number of ether oxygens (including phenoxy) is 1. The highest BCUT2D eigenvalue weighted by molar-refractivity contribution is 5.78. The molecule has 1 aliphatic rings. The summed E-state index contributed by atoms with van der Waals surface area (Å²) < 4.78 is 4.92. The summed E-state index contributed by atoms with van der Waals surface area (Å²) in [5, 5.41) is 6.09. The van der Waals surface area contributed by atoms with Crippen molar-refractivity contribution < 1.29 is 9.53 Å². The Morgan fingerprint density at radius 3 is 2.58 bits per heavy atom. The normalized spacial score (nSPS) is 17.9. The summed E-state index contributed by atoms with van der Waals surface area (Å²) in [5.74, 6) is 0.640. The molecule has 1 rings (SSSR count). The van der Waals surface area contributed by atoms with E-state index in [-0.39, 0.29) is 5.91 Å². The van der Waals surface area contributed by atoms with Crippen molar-refractivity contribution in [2.75, 3.05) is 46.4 Å². The Kier molecular flexibility index (Phi) is 8.02. The van der Waals surface area contributed by atoms with E-state index in [1.54, 1.807) is 7.11 Å². The zero-order valence-electron chi connectivity index (χ0n) is 12.6. The van der Waals surface area contributed by atoms with E-state index in [1.165, 1.54) is 25.9 Å². The van der Waals surface area contributed by atoms with Gasteiger partial charge in [-0.25, -0.2) is 0 Å². The summed E-state index contributed by atoms with van der Waals surface area (Å²) in [6, 6.07) is 0.463. The second-order valence-electron chi connectivity index (χ2n) is 5.53. The van der Waals surface area contributed by atoms with E-state index < -0.39 is 0 Å². The molecule has 0 saturated carbocycles. The first-order chi connectivity index (χ1) is 9.15. The van der Waals surface area contributed by atoms with Crippen LogP contribution in [0.2, 0.25) is 0 Å². The zero-order chi connectivity index (χ0) is 14.1. The number of nitrogens with one attached hydrogen (secondary N) is 2. The van der Waals surface area contributed by atoms with Gasteiger partial charge in [0.15, 0.2) is 0 Å². The molecular weight excluding hydrogens is 242 g/mol. The molecule has 1 amide bonds. The summed E-state index contributed by atoms with van der Waals surface area (Å²) >= 11 is 0. The van der Waals surface area contributed by atoms with Crippen LogP contribution in [0.15, 0.2) is 0 Å². The number of methoxy groups -OCH3 is 1. The first-order valence-corrected chi connectivity index (χ1v) is 7.35. The smallest absolute Gasteiger partial charge is 0.234 e. The highest BCUT2D eigenvalue weighted by atomic mass is 16.5. The van der Waals surface area contributed by atoms with Gasteiger partial charge >= 0.3 is 0 Å². The lowest BCUT2D eigenvalue weighted by atomic mass is 10.0. The molecule has 112 valence electrons. The third-order valence-corrected chi connectivity index (χ3v) is 3.66. The van der Waals surface area contributed by atoms with Crippen molar-refractivity contribution >= 4 is 5.91 Å². The number of hydrogen-bond donors (Lipinski definition) is 2. The number of rotatable bonds is 9. The van der Waals surface area contributed by atoms with Gasteiger partial charge in [0, 0.05) is 26.2 Å². The van der Waals surface area contributed by atoms with Crippen LogP contribution in [0, 0.1) is 5.92 Å². The van der Waals surface area contributed by atoms with Gasteiger partial charge in [0.05, 0.1) is 13.2 Å². The van der Waals surface area contributed by atoms with Gasteiger partial charge < -0.3 is 15.4 Å². The molecular formula is C14H29N3O2. The van der Waals surface area contributed by atoms with Gasteiger partial charge in [-0.3, -0.25) is 9.69 Å². The zero-order valence-corrected chi connectivity index (χ0v) is 12.6. The van der Waals surface area contributed by atoms with Crippen LogP contribution in [0.1, 0.15) is 26.7 Å². The summed E-state index contributed by atoms with van der Waals surface area (Å²) in [5.41, 5.74) is 0. The van der Waals surface area contributed by atoms with Crippen molar-refractivity contribution in [2.45, 2.75) is 32.7 Å². The standard InChI is InChI=1S/C14H29N3O2/c1-12(2)13(17-7-4-5-8-17)10-16-14(18)11-15-6-9-19-3/h12-13,15H,4-11H2,1-3H3,(H,16,18). The second-order valence-corrected chi connectivity index (χ2v) is 5.53. The molecule has 0 aromatic heterocycles. The van der Waals surface area contributed by atoms with Crippen LogP contribution in [-0.4, -0.2) is 63.3 Å². The second kappa shape index (κ2) is 9.28. The molecule has 1 unspecified atom stereocenters. The van der Waals surface area contributed by atoms with Crippen LogP contribution in [0.5, 0.6) is 0 Å². The largest absolute Gasteiger partial charge is 0.383 e. The molecule has 5 nitrogen and oxygen atoms in total. The molecule has 1 saturated heterocycles. The van der Waals surface area contributed by atoms with E-state index in [9.17, 15) is 4.79 Å². The highest BCUT2D eigenvalue weighted by Gasteiger charge is 2.24. The monoisotopic (exact) mass is 271 g/mol. The first kappa shape index (κ1) is 16.4. The molecule has 1 heterocycles. The van der Waals surface area contributed by atoms with Crippen LogP contribution in [0.4, 0.5) is 0 Å². The van der Waals surface area contributed by atoms with E-state index in [4.69, 9.17) is 4.74 Å².